The van der Waals surface area contributed by atoms with E-state index in [1.807, 2.05) is 30.8 Å². The Morgan fingerprint density at radius 3 is 2.89 bits per heavy atom. The van der Waals surface area contributed by atoms with Gasteiger partial charge in [-0.2, -0.15) is 5.10 Å². The Morgan fingerprint density at radius 1 is 1.47 bits per heavy atom. The van der Waals surface area contributed by atoms with E-state index >= 15 is 0 Å². The molecule has 0 spiro atoms. The van der Waals surface area contributed by atoms with Gasteiger partial charge < -0.3 is 9.73 Å². The minimum atomic E-state index is 0.463. The quantitative estimate of drug-likeness (QED) is 0.832. The standard InChI is InChI=1S/C15H23N3O/c1-4-16-13(7-8-15-6-5-9-19-15)11-14-10-12(2)17-18(14)3/h5-6,9-10,13,16H,4,7-8,11H2,1-3H3. The molecule has 2 heterocycles. The summed E-state index contributed by atoms with van der Waals surface area (Å²) in [5.41, 5.74) is 2.36. The zero-order valence-corrected chi connectivity index (χ0v) is 12.0. The number of hydrogen-bond acceptors (Lipinski definition) is 3. The highest BCUT2D eigenvalue weighted by Crippen LogP contribution is 2.11. The molecule has 4 nitrogen and oxygen atoms in total. The molecule has 4 heteroatoms. The van der Waals surface area contributed by atoms with Crippen LogP contribution in [-0.2, 0) is 19.9 Å². The van der Waals surface area contributed by atoms with Crippen LogP contribution in [0.5, 0.6) is 0 Å². The smallest absolute Gasteiger partial charge is 0.103 e. The highest BCUT2D eigenvalue weighted by molar-refractivity contribution is 5.10. The van der Waals surface area contributed by atoms with Crippen molar-refractivity contribution in [2.24, 2.45) is 7.05 Å². The largest absolute Gasteiger partial charge is 0.469 e. The van der Waals surface area contributed by atoms with Gasteiger partial charge in [0.25, 0.3) is 0 Å². The second-order valence-electron chi connectivity index (χ2n) is 4.98. The zero-order chi connectivity index (χ0) is 13.7. The summed E-state index contributed by atoms with van der Waals surface area (Å²) in [4.78, 5) is 0. The van der Waals surface area contributed by atoms with Crippen molar-refractivity contribution in [2.45, 2.75) is 39.2 Å². The van der Waals surface area contributed by atoms with Gasteiger partial charge in [-0.3, -0.25) is 4.68 Å². The number of rotatable bonds is 7. The molecule has 0 aliphatic heterocycles. The summed E-state index contributed by atoms with van der Waals surface area (Å²) in [6.07, 6.45) is 4.79. The highest BCUT2D eigenvalue weighted by Gasteiger charge is 2.12. The van der Waals surface area contributed by atoms with Gasteiger partial charge in [-0.05, 0) is 38.1 Å². The third-order valence-corrected chi connectivity index (χ3v) is 3.37. The number of nitrogens with one attached hydrogen (secondary N) is 1. The zero-order valence-electron chi connectivity index (χ0n) is 12.0. The molecule has 0 aromatic carbocycles. The number of aromatic nitrogens is 2. The summed E-state index contributed by atoms with van der Waals surface area (Å²) in [5.74, 6) is 1.06. The van der Waals surface area contributed by atoms with E-state index in [9.17, 15) is 0 Å². The summed E-state index contributed by atoms with van der Waals surface area (Å²) >= 11 is 0. The molecule has 1 unspecified atom stereocenters. The Morgan fingerprint density at radius 2 is 2.32 bits per heavy atom. The lowest BCUT2D eigenvalue weighted by atomic mass is 10.0. The average Bonchev–Trinajstić information content (AvgIpc) is 2.97. The van der Waals surface area contributed by atoms with E-state index in [-0.39, 0.29) is 0 Å². The van der Waals surface area contributed by atoms with Crippen LogP contribution in [0.25, 0.3) is 0 Å². The van der Waals surface area contributed by atoms with E-state index in [0.717, 1.165) is 37.3 Å². The third kappa shape index (κ3) is 3.96. The summed E-state index contributed by atoms with van der Waals surface area (Å²) in [6.45, 7) is 5.17. The van der Waals surface area contributed by atoms with Crippen LogP contribution in [0.3, 0.4) is 0 Å². The molecule has 0 saturated heterocycles. The predicted octanol–water partition coefficient (Wildman–Crippen LogP) is 2.47. The van der Waals surface area contributed by atoms with E-state index < -0.39 is 0 Å². The fourth-order valence-electron chi connectivity index (χ4n) is 2.44. The van der Waals surface area contributed by atoms with Crippen LogP contribution in [0, 0.1) is 6.92 Å². The molecule has 0 saturated carbocycles. The van der Waals surface area contributed by atoms with E-state index in [0.29, 0.717) is 6.04 Å². The normalized spacial score (nSPS) is 12.8. The van der Waals surface area contributed by atoms with Crippen LogP contribution < -0.4 is 5.32 Å². The summed E-state index contributed by atoms with van der Waals surface area (Å²) < 4.78 is 7.37. The molecular formula is C15H23N3O. The van der Waals surface area contributed by atoms with Crippen molar-refractivity contribution in [2.75, 3.05) is 6.54 Å². The SMILES string of the molecule is CCNC(CCc1ccco1)Cc1cc(C)nn1C. The highest BCUT2D eigenvalue weighted by atomic mass is 16.3. The molecule has 1 atom stereocenters. The lowest BCUT2D eigenvalue weighted by Gasteiger charge is -2.17. The van der Waals surface area contributed by atoms with Crippen molar-refractivity contribution in [3.8, 4) is 0 Å². The second kappa shape index (κ2) is 6.57. The van der Waals surface area contributed by atoms with Gasteiger partial charge in [0, 0.05) is 31.6 Å². The molecule has 0 amide bonds. The van der Waals surface area contributed by atoms with Crippen molar-refractivity contribution in [1.82, 2.24) is 15.1 Å². The minimum absolute atomic E-state index is 0.463. The van der Waals surface area contributed by atoms with E-state index in [4.69, 9.17) is 4.42 Å². The third-order valence-electron chi connectivity index (χ3n) is 3.37. The average molecular weight is 261 g/mol. The maximum atomic E-state index is 5.39. The van der Waals surface area contributed by atoms with Gasteiger partial charge in [-0.25, -0.2) is 0 Å². The van der Waals surface area contributed by atoms with E-state index in [1.165, 1.54) is 5.69 Å². The van der Waals surface area contributed by atoms with Crippen molar-refractivity contribution in [3.05, 3.63) is 41.6 Å². The Bertz CT molecular complexity index is 487. The number of hydrogen-bond donors (Lipinski definition) is 1. The molecule has 1 N–H and O–H groups in total. The predicted molar refractivity (Wildman–Crippen MR) is 76.1 cm³/mol. The number of likely N-dealkylation sites (N-methyl/N-ethyl adjacent to an activating group) is 1. The summed E-state index contributed by atoms with van der Waals surface area (Å²) in [5, 5.41) is 7.95. The maximum absolute atomic E-state index is 5.39. The lowest BCUT2D eigenvalue weighted by molar-refractivity contribution is 0.441. The topological polar surface area (TPSA) is 43.0 Å². The van der Waals surface area contributed by atoms with Gasteiger partial charge in [0.05, 0.1) is 12.0 Å². The van der Waals surface area contributed by atoms with Crippen molar-refractivity contribution >= 4 is 0 Å². The summed E-state index contributed by atoms with van der Waals surface area (Å²) in [6, 6.07) is 6.61. The molecule has 0 radical (unpaired) electrons. The molecule has 2 rings (SSSR count). The van der Waals surface area contributed by atoms with E-state index in [2.05, 4.69) is 23.4 Å². The molecule has 0 aliphatic carbocycles. The number of nitrogens with zero attached hydrogens (tertiary/aromatic N) is 2. The van der Waals surface area contributed by atoms with Crippen LogP contribution in [0.2, 0.25) is 0 Å². The van der Waals surface area contributed by atoms with Gasteiger partial charge in [0.15, 0.2) is 0 Å². The summed E-state index contributed by atoms with van der Waals surface area (Å²) in [7, 11) is 2.01. The first-order valence-electron chi connectivity index (χ1n) is 6.94. The fraction of sp³-hybridized carbons (Fsp3) is 0.533. The minimum Gasteiger partial charge on any atom is -0.469 e. The molecule has 0 bridgehead atoms. The van der Waals surface area contributed by atoms with Crippen LogP contribution in [0.4, 0.5) is 0 Å². The van der Waals surface area contributed by atoms with Gasteiger partial charge in [0.1, 0.15) is 5.76 Å². The first kappa shape index (κ1) is 13.9. The Labute approximate surface area is 114 Å². The van der Waals surface area contributed by atoms with Crippen LogP contribution in [0.15, 0.2) is 28.9 Å². The molecule has 2 aromatic heterocycles. The van der Waals surface area contributed by atoms with Gasteiger partial charge in [-0.1, -0.05) is 6.92 Å². The monoisotopic (exact) mass is 261 g/mol. The molecule has 0 fully saturated rings. The van der Waals surface area contributed by atoms with Gasteiger partial charge in [0.2, 0.25) is 0 Å². The molecule has 19 heavy (non-hydrogen) atoms. The molecule has 2 aromatic rings. The maximum Gasteiger partial charge on any atom is 0.103 e. The first-order chi connectivity index (χ1) is 9.19. The van der Waals surface area contributed by atoms with Crippen molar-refractivity contribution in [1.29, 1.82) is 0 Å². The molecule has 0 aliphatic rings. The fourth-order valence-corrected chi connectivity index (χ4v) is 2.44. The molecular weight excluding hydrogens is 238 g/mol. The number of furan rings is 1. The van der Waals surface area contributed by atoms with Crippen molar-refractivity contribution in [3.63, 3.8) is 0 Å². The van der Waals surface area contributed by atoms with Gasteiger partial charge in [-0.15, -0.1) is 0 Å². The molecule has 104 valence electrons. The number of aryl methyl sites for hydroxylation is 3. The Hall–Kier alpha value is -1.55. The van der Waals surface area contributed by atoms with Crippen molar-refractivity contribution < 1.29 is 4.42 Å². The van der Waals surface area contributed by atoms with Crippen LogP contribution >= 0.6 is 0 Å². The second-order valence-corrected chi connectivity index (χ2v) is 4.98. The first-order valence-corrected chi connectivity index (χ1v) is 6.94. The Balaban J connectivity index is 1.93. The van der Waals surface area contributed by atoms with Crippen LogP contribution in [0.1, 0.15) is 30.5 Å². The Kier molecular flexibility index (Phi) is 4.80. The van der Waals surface area contributed by atoms with Gasteiger partial charge >= 0.3 is 0 Å². The van der Waals surface area contributed by atoms with E-state index in [1.54, 1.807) is 6.26 Å². The lowest BCUT2D eigenvalue weighted by Crippen LogP contribution is -2.32. The van der Waals surface area contributed by atoms with Crippen LogP contribution in [-0.4, -0.2) is 22.4 Å².